The second-order valence-electron chi connectivity index (χ2n) is 5.11. The molecule has 112 valence electrons. The highest BCUT2D eigenvalue weighted by atomic mass is 31.1. The molecule has 0 aliphatic carbocycles. The first-order valence-electron chi connectivity index (χ1n) is 7.32. The molecule has 3 rings (SSSR count). The minimum absolute atomic E-state index is 0.404. The van der Waals surface area contributed by atoms with Gasteiger partial charge in [0.1, 0.15) is 6.07 Å². The summed E-state index contributed by atoms with van der Waals surface area (Å²) in [6.45, 7) is 0. The molecule has 0 aliphatic rings. The van der Waals surface area contributed by atoms with Gasteiger partial charge in [0.15, 0.2) is 0 Å². The summed E-state index contributed by atoms with van der Waals surface area (Å²) in [6, 6.07) is 29.6. The molecule has 3 heteroatoms. The molecule has 0 aliphatic heterocycles. The number of nitrogens with zero attached hydrogens (tertiary/aromatic N) is 1. The molecule has 1 unspecified atom stereocenters. The largest absolute Gasteiger partial charge is 0.246 e. The van der Waals surface area contributed by atoms with Gasteiger partial charge in [0.25, 0.3) is 0 Å². The lowest BCUT2D eigenvalue weighted by atomic mass is 10.1. The maximum absolute atomic E-state index is 16.0. The molecule has 1 atom stereocenters. The van der Waals surface area contributed by atoms with E-state index in [1.165, 1.54) is 0 Å². The van der Waals surface area contributed by atoms with Crippen LogP contribution in [0.25, 0.3) is 0 Å². The molecular weight excluding hydrogens is 304 g/mol. The number of alkyl halides is 1. The van der Waals surface area contributed by atoms with E-state index in [4.69, 9.17) is 0 Å². The smallest absolute Gasteiger partial charge is 0.216 e. The summed E-state index contributed by atoms with van der Waals surface area (Å²) in [5.74, 6) is 0. The molecule has 0 radical (unpaired) electrons. The first kappa shape index (κ1) is 15.4. The Hall–Kier alpha value is -2.49. The van der Waals surface area contributed by atoms with Crippen LogP contribution in [-0.2, 0) is 5.41 Å². The molecule has 1 nitrogen and oxygen atoms in total. The van der Waals surface area contributed by atoms with E-state index in [1.807, 2.05) is 72.8 Å². The Balaban J connectivity index is 2.21. The summed E-state index contributed by atoms with van der Waals surface area (Å²) in [5.41, 5.74) is 0.404. The van der Waals surface area contributed by atoms with Crippen LogP contribution in [0.15, 0.2) is 91.0 Å². The van der Waals surface area contributed by atoms with E-state index >= 15 is 4.39 Å². The number of nitriles is 1. The molecule has 0 aromatic heterocycles. The van der Waals surface area contributed by atoms with Crippen LogP contribution >= 0.6 is 7.92 Å². The van der Waals surface area contributed by atoms with Crippen molar-refractivity contribution >= 4 is 18.5 Å². The van der Waals surface area contributed by atoms with Crippen molar-refractivity contribution in [3.63, 3.8) is 0 Å². The molecule has 0 fully saturated rings. The molecule has 0 saturated carbocycles. The third kappa shape index (κ3) is 3.02. The van der Waals surface area contributed by atoms with Gasteiger partial charge in [-0.3, -0.25) is 0 Å². The van der Waals surface area contributed by atoms with E-state index in [0.29, 0.717) is 5.56 Å². The highest BCUT2D eigenvalue weighted by Gasteiger charge is 2.43. The van der Waals surface area contributed by atoms with Gasteiger partial charge in [0.05, 0.1) is 0 Å². The standard InChI is InChI=1S/C20H15FNP/c21-20(16-22,17-10-4-1-5-11-17)23(18-12-6-2-7-13-18)19-14-8-3-9-15-19/h1-15H. The number of benzene rings is 3. The van der Waals surface area contributed by atoms with Crippen molar-refractivity contribution in [1.82, 2.24) is 0 Å². The second kappa shape index (κ2) is 6.73. The topological polar surface area (TPSA) is 23.8 Å². The van der Waals surface area contributed by atoms with Crippen LogP contribution in [-0.4, -0.2) is 0 Å². The third-order valence-electron chi connectivity index (χ3n) is 3.64. The van der Waals surface area contributed by atoms with Crippen LogP contribution in [0.5, 0.6) is 0 Å². The number of rotatable bonds is 4. The minimum Gasteiger partial charge on any atom is -0.216 e. The Morgan fingerprint density at radius 1 is 0.696 bits per heavy atom. The number of hydrogen-bond donors (Lipinski definition) is 0. The van der Waals surface area contributed by atoms with Crippen LogP contribution in [0.1, 0.15) is 5.56 Å². The predicted molar refractivity (Wildman–Crippen MR) is 93.9 cm³/mol. The fourth-order valence-electron chi connectivity index (χ4n) is 2.56. The first-order valence-corrected chi connectivity index (χ1v) is 8.66. The predicted octanol–water partition coefficient (Wildman–Crippen LogP) is 4.47. The lowest BCUT2D eigenvalue weighted by Crippen LogP contribution is -2.27. The maximum Gasteiger partial charge on any atom is 0.246 e. The molecule has 23 heavy (non-hydrogen) atoms. The molecule has 0 saturated heterocycles. The van der Waals surface area contributed by atoms with Gasteiger partial charge in [-0.1, -0.05) is 91.0 Å². The molecule has 0 bridgehead atoms. The van der Waals surface area contributed by atoms with Crippen LogP contribution < -0.4 is 10.6 Å². The van der Waals surface area contributed by atoms with Gasteiger partial charge in [0.2, 0.25) is 5.41 Å². The summed E-state index contributed by atoms with van der Waals surface area (Å²) < 4.78 is 16.0. The zero-order valence-corrected chi connectivity index (χ0v) is 13.3. The van der Waals surface area contributed by atoms with Crippen molar-refractivity contribution in [1.29, 1.82) is 5.26 Å². The van der Waals surface area contributed by atoms with Crippen LogP contribution in [0.3, 0.4) is 0 Å². The van der Waals surface area contributed by atoms with Crippen molar-refractivity contribution < 1.29 is 4.39 Å². The van der Waals surface area contributed by atoms with E-state index in [9.17, 15) is 5.26 Å². The van der Waals surface area contributed by atoms with Gasteiger partial charge in [-0.25, -0.2) is 4.39 Å². The minimum atomic E-state index is -2.07. The van der Waals surface area contributed by atoms with Crippen LogP contribution in [0.2, 0.25) is 0 Å². The fraction of sp³-hybridized carbons (Fsp3) is 0.0500. The average Bonchev–Trinajstić information content (AvgIpc) is 2.64. The molecule has 0 N–H and O–H groups in total. The normalized spacial score (nSPS) is 13.3. The van der Waals surface area contributed by atoms with Crippen molar-refractivity contribution in [3.05, 3.63) is 96.6 Å². The Morgan fingerprint density at radius 2 is 1.09 bits per heavy atom. The van der Waals surface area contributed by atoms with E-state index in [1.54, 1.807) is 24.3 Å². The third-order valence-corrected chi connectivity index (χ3v) is 6.24. The zero-order valence-electron chi connectivity index (χ0n) is 12.4. The van der Waals surface area contributed by atoms with Gasteiger partial charge < -0.3 is 0 Å². The fourth-order valence-corrected chi connectivity index (χ4v) is 5.02. The summed E-state index contributed by atoms with van der Waals surface area (Å²) in [6.07, 6.45) is 0. The molecule has 3 aromatic rings. The van der Waals surface area contributed by atoms with Gasteiger partial charge in [-0.15, -0.1) is 0 Å². The van der Waals surface area contributed by atoms with E-state index in [-0.39, 0.29) is 0 Å². The number of hydrogen-bond acceptors (Lipinski definition) is 1. The van der Waals surface area contributed by atoms with Crippen molar-refractivity contribution in [2.45, 2.75) is 5.41 Å². The Morgan fingerprint density at radius 3 is 1.48 bits per heavy atom. The molecule has 3 aromatic carbocycles. The Labute approximate surface area is 136 Å². The lowest BCUT2D eigenvalue weighted by Gasteiger charge is -2.29. The maximum atomic E-state index is 16.0. The first-order chi connectivity index (χ1) is 11.3. The van der Waals surface area contributed by atoms with Crippen molar-refractivity contribution in [2.75, 3.05) is 0 Å². The summed E-state index contributed by atoms with van der Waals surface area (Å²) >= 11 is 0. The van der Waals surface area contributed by atoms with Gasteiger partial charge >= 0.3 is 0 Å². The van der Waals surface area contributed by atoms with Crippen molar-refractivity contribution in [2.24, 2.45) is 0 Å². The Kier molecular flexibility index (Phi) is 4.51. The molecule has 0 amide bonds. The summed E-state index contributed by atoms with van der Waals surface area (Å²) in [4.78, 5) is 0. The van der Waals surface area contributed by atoms with Crippen LogP contribution in [0.4, 0.5) is 4.39 Å². The Bertz CT molecular complexity index is 760. The molecule has 0 spiro atoms. The van der Waals surface area contributed by atoms with Crippen molar-refractivity contribution in [3.8, 4) is 6.07 Å². The lowest BCUT2D eigenvalue weighted by molar-refractivity contribution is 0.370. The highest BCUT2D eigenvalue weighted by molar-refractivity contribution is 7.74. The number of halogens is 1. The second-order valence-corrected chi connectivity index (χ2v) is 7.43. The molecular formula is C20H15FNP. The summed E-state index contributed by atoms with van der Waals surface area (Å²) in [5, 5.41) is 9.35. The van der Waals surface area contributed by atoms with Gasteiger partial charge in [-0.2, -0.15) is 5.26 Å². The monoisotopic (exact) mass is 319 g/mol. The SMILES string of the molecule is N#CC(F)(c1ccccc1)P(c1ccccc1)c1ccccc1. The zero-order chi connectivity index (χ0) is 16.1. The quantitative estimate of drug-likeness (QED) is 0.651. The van der Waals surface area contributed by atoms with E-state index < -0.39 is 13.3 Å². The van der Waals surface area contributed by atoms with E-state index in [0.717, 1.165) is 10.6 Å². The van der Waals surface area contributed by atoms with Gasteiger partial charge in [0, 0.05) is 13.5 Å². The average molecular weight is 319 g/mol. The van der Waals surface area contributed by atoms with Crippen LogP contribution in [0, 0.1) is 11.3 Å². The molecule has 0 heterocycles. The van der Waals surface area contributed by atoms with Gasteiger partial charge in [-0.05, 0) is 10.6 Å². The van der Waals surface area contributed by atoms with E-state index in [2.05, 4.69) is 0 Å². The highest BCUT2D eigenvalue weighted by Crippen LogP contribution is 2.55. The summed E-state index contributed by atoms with van der Waals surface area (Å²) in [7, 11) is -1.50.